The standard InChI is InChI=1S/C16H26N4O/c1-11(2)16-18-14(9-15(21)19-16)20(13-6-7-13)10-12-5-3-4-8-17-12/h9,11-13,17H,3-8,10H2,1-2H3,(H,18,19,21). The van der Waals surface area contributed by atoms with Crippen LogP contribution < -0.4 is 15.8 Å². The van der Waals surface area contributed by atoms with Crippen molar-refractivity contribution in [3.05, 3.63) is 22.2 Å². The van der Waals surface area contributed by atoms with Crippen LogP contribution in [0.4, 0.5) is 5.82 Å². The smallest absolute Gasteiger partial charge is 0.252 e. The molecule has 0 aromatic carbocycles. The van der Waals surface area contributed by atoms with E-state index in [1.54, 1.807) is 6.07 Å². The Kier molecular flexibility index (Phi) is 4.29. The quantitative estimate of drug-likeness (QED) is 0.871. The number of hydrogen-bond donors (Lipinski definition) is 2. The van der Waals surface area contributed by atoms with E-state index in [1.165, 1.54) is 32.1 Å². The van der Waals surface area contributed by atoms with E-state index in [4.69, 9.17) is 4.98 Å². The molecule has 0 spiro atoms. The van der Waals surface area contributed by atoms with Gasteiger partial charge in [-0.3, -0.25) is 4.79 Å². The molecule has 21 heavy (non-hydrogen) atoms. The summed E-state index contributed by atoms with van der Waals surface area (Å²) in [5.74, 6) is 1.89. The lowest BCUT2D eigenvalue weighted by molar-refractivity contribution is 0.397. The summed E-state index contributed by atoms with van der Waals surface area (Å²) in [5, 5.41) is 3.60. The van der Waals surface area contributed by atoms with Gasteiger partial charge in [-0.1, -0.05) is 20.3 Å². The van der Waals surface area contributed by atoms with E-state index in [2.05, 4.69) is 29.0 Å². The predicted octanol–water partition coefficient (Wildman–Crippen LogP) is 2.00. The minimum atomic E-state index is -0.0362. The lowest BCUT2D eigenvalue weighted by Gasteiger charge is -2.31. The van der Waals surface area contributed by atoms with Gasteiger partial charge >= 0.3 is 0 Å². The average molecular weight is 290 g/mol. The van der Waals surface area contributed by atoms with Gasteiger partial charge in [-0.2, -0.15) is 0 Å². The van der Waals surface area contributed by atoms with Crippen molar-refractivity contribution >= 4 is 5.82 Å². The van der Waals surface area contributed by atoms with Crippen LogP contribution in [0.2, 0.25) is 0 Å². The molecule has 1 aromatic heterocycles. The number of aromatic nitrogens is 2. The number of nitrogens with one attached hydrogen (secondary N) is 2. The van der Waals surface area contributed by atoms with Crippen molar-refractivity contribution in [1.29, 1.82) is 0 Å². The number of anilines is 1. The van der Waals surface area contributed by atoms with E-state index in [0.29, 0.717) is 12.1 Å². The molecule has 116 valence electrons. The summed E-state index contributed by atoms with van der Waals surface area (Å²) in [4.78, 5) is 21.8. The molecular formula is C16H26N4O. The van der Waals surface area contributed by atoms with Gasteiger partial charge in [0.25, 0.3) is 5.56 Å². The number of nitrogens with zero attached hydrogens (tertiary/aromatic N) is 2. The van der Waals surface area contributed by atoms with Crippen LogP contribution >= 0.6 is 0 Å². The average Bonchev–Trinajstić information content (AvgIpc) is 3.29. The maximum absolute atomic E-state index is 11.9. The lowest BCUT2D eigenvalue weighted by Crippen LogP contribution is -2.45. The molecule has 1 saturated heterocycles. The van der Waals surface area contributed by atoms with Crippen LogP contribution in [0.25, 0.3) is 0 Å². The van der Waals surface area contributed by atoms with E-state index in [-0.39, 0.29) is 11.5 Å². The van der Waals surface area contributed by atoms with E-state index in [9.17, 15) is 4.79 Å². The molecule has 1 saturated carbocycles. The molecule has 0 bridgehead atoms. The molecule has 2 N–H and O–H groups in total. The normalized spacial score (nSPS) is 22.5. The van der Waals surface area contributed by atoms with E-state index < -0.39 is 0 Å². The molecule has 3 rings (SSSR count). The minimum absolute atomic E-state index is 0.0362. The second kappa shape index (κ2) is 6.18. The van der Waals surface area contributed by atoms with Crippen LogP contribution in [0.5, 0.6) is 0 Å². The Morgan fingerprint density at radius 3 is 2.76 bits per heavy atom. The summed E-state index contributed by atoms with van der Waals surface area (Å²) in [6, 6.07) is 2.76. The number of aromatic amines is 1. The molecule has 1 unspecified atom stereocenters. The molecule has 5 heteroatoms. The highest BCUT2D eigenvalue weighted by Gasteiger charge is 2.32. The van der Waals surface area contributed by atoms with Gasteiger partial charge in [0, 0.05) is 30.6 Å². The number of rotatable bonds is 5. The fourth-order valence-corrected chi connectivity index (χ4v) is 3.02. The van der Waals surface area contributed by atoms with Crippen molar-refractivity contribution in [3.63, 3.8) is 0 Å². The highest BCUT2D eigenvalue weighted by molar-refractivity contribution is 5.41. The summed E-state index contributed by atoms with van der Waals surface area (Å²) < 4.78 is 0. The van der Waals surface area contributed by atoms with Crippen molar-refractivity contribution in [2.45, 2.75) is 64.0 Å². The fourth-order valence-electron chi connectivity index (χ4n) is 3.02. The highest BCUT2D eigenvalue weighted by atomic mass is 16.1. The minimum Gasteiger partial charge on any atom is -0.352 e. The Labute approximate surface area is 126 Å². The van der Waals surface area contributed by atoms with Crippen LogP contribution in [0.3, 0.4) is 0 Å². The topological polar surface area (TPSA) is 61.0 Å². The molecule has 2 aliphatic rings. The summed E-state index contributed by atoms with van der Waals surface area (Å²) in [7, 11) is 0. The zero-order valence-electron chi connectivity index (χ0n) is 13.1. The van der Waals surface area contributed by atoms with Gasteiger partial charge in [-0.25, -0.2) is 4.98 Å². The Morgan fingerprint density at radius 1 is 1.33 bits per heavy atom. The molecular weight excluding hydrogens is 264 g/mol. The fraction of sp³-hybridized carbons (Fsp3) is 0.750. The van der Waals surface area contributed by atoms with Crippen LogP contribution in [0.15, 0.2) is 10.9 Å². The van der Waals surface area contributed by atoms with Crippen LogP contribution in [-0.4, -0.2) is 35.1 Å². The molecule has 1 aliphatic carbocycles. The number of piperidine rings is 1. The molecule has 2 heterocycles. The second-order valence-corrected chi connectivity index (χ2v) is 6.67. The van der Waals surface area contributed by atoms with Gasteiger partial charge in [-0.15, -0.1) is 0 Å². The maximum atomic E-state index is 11.9. The first-order chi connectivity index (χ1) is 10.1. The first kappa shape index (κ1) is 14.6. The Hall–Kier alpha value is -1.36. The first-order valence-electron chi connectivity index (χ1n) is 8.25. The van der Waals surface area contributed by atoms with Gasteiger partial charge in [0.2, 0.25) is 0 Å². The molecule has 0 amide bonds. The third-order valence-corrected chi connectivity index (χ3v) is 4.40. The van der Waals surface area contributed by atoms with Crippen LogP contribution in [0, 0.1) is 0 Å². The monoisotopic (exact) mass is 290 g/mol. The summed E-state index contributed by atoms with van der Waals surface area (Å²) in [6.07, 6.45) is 6.25. The first-order valence-corrected chi connectivity index (χ1v) is 8.25. The van der Waals surface area contributed by atoms with Gasteiger partial charge in [-0.05, 0) is 32.2 Å². The number of H-pyrrole nitrogens is 1. The molecule has 1 aliphatic heterocycles. The zero-order valence-corrected chi connectivity index (χ0v) is 13.1. The molecule has 5 nitrogen and oxygen atoms in total. The molecule has 0 radical (unpaired) electrons. The van der Waals surface area contributed by atoms with Crippen molar-refractivity contribution in [2.24, 2.45) is 0 Å². The van der Waals surface area contributed by atoms with Gasteiger partial charge < -0.3 is 15.2 Å². The third kappa shape index (κ3) is 3.64. The van der Waals surface area contributed by atoms with E-state index in [0.717, 1.165) is 24.7 Å². The summed E-state index contributed by atoms with van der Waals surface area (Å²) in [5.41, 5.74) is -0.0362. The SMILES string of the molecule is CC(C)c1nc(N(CC2CCCCN2)C2CC2)cc(=O)[nH]1. The highest BCUT2D eigenvalue weighted by Crippen LogP contribution is 2.31. The molecule has 2 fully saturated rings. The largest absolute Gasteiger partial charge is 0.352 e. The van der Waals surface area contributed by atoms with Crippen molar-refractivity contribution in [3.8, 4) is 0 Å². The Bertz CT molecular complexity index is 529. The van der Waals surface area contributed by atoms with E-state index in [1.807, 2.05) is 0 Å². The van der Waals surface area contributed by atoms with Crippen molar-refractivity contribution < 1.29 is 0 Å². The van der Waals surface area contributed by atoms with E-state index >= 15 is 0 Å². The van der Waals surface area contributed by atoms with Crippen LogP contribution in [0.1, 0.15) is 57.7 Å². The second-order valence-electron chi connectivity index (χ2n) is 6.67. The van der Waals surface area contributed by atoms with Crippen molar-refractivity contribution in [2.75, 3.05) is 18.0 Å². The maximum Gasteiger partial charge on any atom is 0.252 e. The zero-order chi connectivity index (χ0) is 14.8. The summed E-state index contributed by atoms with van der Waals surface area (Å²) >= 11 is 0. The summed E-state index contributed by atoms with van der Waals surface area (Å²) in [6.45, 7) is 6.21. The van der Waals surface area contributed by atoms with Gasteiger partial charge in [0.1, 0.15) is 11.6 Å². The van der Waals surface area contributed by atoms with Gasteiger partial charge in [0.05, 0.1) is 0 Å². The van der Waals surface area contributed by atoms with Crippen molar-refractivity contribution in [1.82, 2.24) is 15.3 Å². The predicted molar refractivity (Wildman–Crippen MR) is 85.0 cm³/mol. The lowest BCUT2D eigenvalue weighted by atomic mass is 10.0. The Balaban J connectivity index is 1.81. The Morgan fingerprint density at radius 2 is 2.14 bits per heavy atom. The molecule has 1 atom stereocenters. The molecule has 1 aromatic rings. The number of hydrogen-bond acceptors (Lipinski definition) is 4. The van der Waals surface area contributed by atoms with Gasteiger partial charge in [0.15, 0.2) is 0 Å². The van der Waals surface area contributed by atoms with Crippen LogP contribution in [-0.2, 0) is 0 Å². The third-order valence-electron chi connectivity index (χ3n) is 4.40.